The number of nitrogens with one attached hydrogen (secondary N) is 1. The van der Waals surface area contributed by atoms with Crippen molar-refractivity contribution in [1.82, 2.24) is 19.7 Å². The topological polar surface area (TPSA) is 58.9 Å². The molecule has 0 spiro atoms. The minimum atomic E-state index is -4.49. The van der Waals surface area contributed by atoms with E-state index in [-0.39, 0.29) is 23.8 Å². The van der Waals surface area contributed by atoms with Gasteiger partial charge in [-0.1, -0.05) is 24.6 Å². The maximum atomic E-state index is 13.4. The highest BCUT2D eigenvalue weighted by Gasteiger charge is 2.43. The van der Waals surface area contributed by atoms with Crippen molar-refractivity contribution in [3.05, 3.63) is 65.2 Å². The van der Waals surface area contributed by atoms with Gasteiger partial charge < -0.3 is 10.2 Å². The second-order valence-electron chi connectivity index (χ2n) is 10.8. The van der Waals surface area contributed by atoms with E-state index in [2.05, 4.69) is 15.4 Å². The fraction of sp³-hybridized carbons (Fsp3) is 0.519. The molecule has 6 nitrogen and oxygen atoms in total. The van der Waals surface area contributed by atoms with Crippen LogP contribution in [-0.2, 0) is 18.9 Å². The summed E-state index contributed by atoms with van der Waals surface area (Å²) in [6.45, 7) is 1.86. The predicted molar refractivity (Wildman–Crippen MR) is 132 cm³/mol. The zero-order valence-corrected chi connectivity index (χ0v) is 21.0. The molecule has 39 heavy (non-hydrogen) atoms. The molecule has 3 aliphatic rings. The molecule has 12 heteroatoms. The molecule has 1 saturated carbocycles. The number of fused-ring (bicyclic) bond motifs is 3. The highest BCUT2D eigenvalue weighted by molar-refractivity contribution is 5.49. The Hall–Kier alpha value is -3.31. The van der Waals surface area contributed by atoms with Gasteiger partial charge in [-0.15, -0.1) is 5.10 Å². The first-order valence-corrected chi connectivity index (χ1v) is 13.2. The average molecular weight is 551 g/mol. The van der Waals surface area contributed by atoms with Crippen LogP contribution in [-0.4, -0.2) is 38.9 Å². The number of nitrogens with zero attached hydrogens (tertiary/aromatic N) is 5. The van der Waals surface area contributed by atoms with E-state index in [1.54, 1.807) is 12.1 Å². The minimum Gasteiger partial charge on any atom is -0.371 e. The van der Waals surface area contributed by atoms with Crippen molar-refractivity contribution >= 4 is 11.6 Å². The lowest BCUT2D eigenvalue weighted by molar-refractivity contribution is -0.141. The molecular weight excluding hydrogens is 522 g/mol. The smallest absolute Gasteiger partial charge is 0.371 e. The van der Waals surface area contributed by atoms with Crippen LogP contribution in [0.4, 0.5) is 38.0 Å². The second-order valence-corrected chi connectivity index (χ2v) is 10.8. The zero-order chi connectivity index (χ0) is 27.4. The van der Waals surface area contributed by atoms with Gasteiger partial charge in [0.05, 0.1) is 5.56 Å². The summed E-state index contributed by atoms with van der Waals surface area (Å²) in [6, 6.07) is 8.24. The monoisotopic (exact) mass is 550 g/mol. The summed E-state index contributed by atoms with van der Waals surface area (Å²) in [4.78, 5) is 10.3. The van der Waals surface area contributed by atoms with Crippen LogP contribution in [0.2, 0.25) is 0 Å². The largest absolute Gasteiger partial charge is 0.433 e. The lowest BCUT2D eigenvalue weighted by atomic mass is 9.91. The Labute approximate surface area is 221 Å². The third-order valence-corrected chi connectivity index (χ3v) is 8.27. The molecule has 3 atom stereocenters. The number of pyridine rings is 1. The lowest BCUT2D eigenvalue weighted by Gasteiger charge is -2.39. The molecule has 0 amide bonds. The second kappa shape index (κ2) is 9.71. The highest BCUT2D eigenvalue weighted by Crippen LogP contribution is 2.41. The summed E-state index contributed by atoms with van der Waals surface area (Å²) in [5, 5.41) is 8.18. The number of rotatable bonds is 4. The van der Waals surface area contributed by atoms with E-state index in [0.29, 0.717) is 49.1 Å². The van der Waals surface area contributed by atoms with Crippen molar-refractivity contribution in [2.75, 3.05) is 23.3 Å². The Kier molecular flexibility index (Phi) is 6.46. The van der Waals surface area contributed by atoms with Gasteiger partial charge >= 0.3 is 12.4 Å². The van der Waals surface area contributed by atoms with E-state index in [0.717, 1.165) is 37.8 Å². The standard InChI is InChI=1S/C27H28F6N6/c28-26(29,30)19-5-3-4-16(12-19)21-6-1-2-11-39-24(21)36-25(37-39)35-23-17-7-8-18(23)15-38(14-17)20-9-10-34-22(13-20)27(31,32)33/h3-5,9-10,12-13,17-18,21,23H,1-2,6-8,11,14-15H2,(H,35,37)/t17-,18-,21?/m1/s1. The summed E-state index contributed by atoms with van der Waals surface area (Å²) in [5.74, 6) is 1.24. The predicted octanol–water partition coefficient (Wildman–Crippen LogP) is 6.35. The van der Waals surface area contributed by atoms with E-state index < -0.39 is 23.6 Å². The lowest BCUT2D eigenvalue weighted by Crippen LogP contribution is -2.48. The van der Waals surface area contributed by atoms with Crippen molar-refractivity contribution in [2.45, 2.75) is 63.0 Å². The van der Waals surface area contributed by atoms with Crippen molar-refractivity contribution in [3.63, 3.8) is 0 Å². The molecule has 1 aromatic carbocycles. The summed E-state index contributed by atoms with van der Waals surface area (Å²) in [6.07, 6.45) is -3.41. The molecule has 2 fully saturated rings. The molecule has 1 saturated heterocycles. The van der Waals surface area contributed by atoms with Gasteiger partial charge in [0.1, 0.15) is 11.5 Å². The minimum absolute atomic E-state index is 0.0730. The summed E-state index contributed by atoms with van der Waals surface area (Å²) >= 11 is 0. The molecule has 0 radical (unpaired) electrons. The number of piperidine rings is 1. The SMILES string of the molecule is FC(F)(F)c1cccc(C2CCCCn3nc(NC4[C@@H]5CC[C@@H]4CN(c4ccnc(C(F)(F)F)c4)C5)nc32)c1. The maximum absolute atomic E-state index is 13.4. The van der Waals surface area contributed by atoms with Crippen LogP contribution >= 0.6 is 0 Å². The van der Waals surface area contributed by atoms with Crippen molar-refractivity contribution < 1.29 is 26.3 Å². The molecule has 4 heterocycles. The molecule has 3 aromatic rings. The van der Waals surface area contributed by atoms with E-state index in [4.69, 9.17) is 4.98 Å². The number of aryl methyl sites for hydroxylation is 1. The normalized spacial score (nSPS) is 25.3. The zero-order valence-electron chi connectivity index (χ0n) is 21.0. The van der Waals surface area contributed by atoms with Crippen molar-refractivity contribution in [2.24, 2.45) is 11.8 Å². The molecular formula is C27H28F6N6. The van der Waals surface area contributed by atoms with Crippen LogP contribution in [0.3, 0.4) is 0 Å². The third-order valence-electron chi connectivity index (χ3n) is 8.27. The number of hydrogen-bond donors (Lipinski definition) is 1. The molecule has 1 unspecified atom stereocenters. The number of hydrogen-bond acceptors (Lipinski definition) is 5. The van der Waals surface area contributed by atoms with Crippen LogP contribution in [0.25, 0.3) is 0 Å². The first kappa shape index (κ1) is 25.9. The fourth-order valence-electron chi connectivity index (χ4n) is 6.41. The quantitative estimate of drug-likeness (QED) is 0.384. The van der Waals surface area contributed by atoms with E-state index in [1.807, 2.05) is 9.58 Å². The first-order valence-electron chi connectivity index (χ1n) is 13.2. The number of aromatic nitrogens is 4. The van der Waals surface area contributed by atoms with Gasteiger partial charge in [0.2, 0.25) is 5.95 Å². The molecule has 1 N–H and O–H groups in total. The maximum Gasteiger partial charge on any atom is 0.433 e. The Morgan fingerprint density at radius 2 is 1.64 bits per heavy atom. The summed E-state index contributed by atoms with van der Waals surface area (Å²) < 4.78 is 81.4. The average Bonchev–Trinajstić information content (AvgIpc) is 3.29. The molecule has 2 aromatic heterocycles. The van der Waals surface area contributed by atoms with Crippen LogP contribution in [0.1, 0.15) is 60.7 Å². The van der Waals surface area contributed by atoms with Gasteiger partial charge in [-0.3, -0.25) is 4.98 Å². The third kappa shape index (κ3) is 5.17. The molecule has 1 aliphatic carbocycles. The van der Waals surface area contributed by atoms with Gasteiger partial charge in [0.15, 0.2) is 0 Å². The van der Waals surface area contributed by atoms with Gasteiger partial charge in [-0.2, -0.15) is 31.3 Å². The Balaban J connectivity index is 1.21. The van der Waals surface area contributed by atoms with E-state index >= 15 is 0 Å². The number of benzene rings is 1. The highest BCUT2D eigenvalue weighted by atomic mass is 19.4. The van der Waals surface area contributed by atoms with Crippen LogP contribution in [0.5, 0.6) is 0 Å². The molecule has 208 valence electrons. The Bertz CT molecular complexity index is 1320. The van der Waals surface area contributed by atoms with E-state index in [9.17, 15) is 26.3 Å². The van der Waals surface area contributed by atoms with Crippen molar-refractivity contribution in [1.29, 1.82) is 0 Å². The number of halogens is 6. The van der Waals surface area contributed by atoms with Gasteiger partial charge in [-0.25, -0.2) is 4.68 Å². The molecule has 6 rings (SSSR count). The van der Waals surface area contributed by atoms with Gasteiger partial charge in [0.25, 0.3) is 0 Å². The van der Waals surface area contributed by atoms with Crippen LogP contribution < -0.4 is 10.2 Å². The van der Waals surface area contributed by atoms with Gasteiger partial charge in [0, 0.05) is 43.5 Å². The first-order chi connectivity index (χ1) is 18.6. The fourth-order valence-corrected chi connectivity index (χ4v) is 6.41. The molecule has 2 bridgehead atoms. The van der Waals surface area contributed by atoms with Crippen LogP contribution in [0.15, 0.2) is 42.6 Å². The van der Waals surface area contributed by atoms with E-state index in [1.165, 1.54) is 18.3 Å². The van der Waals surface area contributed by atoms with Gasteiger partial charge in [-0.05, 0) is 61.3 Å². The Morgan fingerprint density at radius 3 is 2.36 bits per heavy atom. The number of alkyl halides is 6. The van der Waals surface area contributed by atoms with Crippen molar-refractivity contribution in [3.8, 4) is 0 Å². The Morgan fingerprint density at radius 1 is 0.872 bits per heavy atom. The van der Waals surface area contributed by atoms with Crippen LogP contribution in [0, 0.1) is 11.8 Å². The summed E-state index contributed by atoms with van der Waals surface area (Å²) in [7, 11) is 0. The molecule has 2 aliphatic heterocycles. The number of anilines is 2. The summed E-state index contributed by atoms with van der Waals surface area (Å²) in [5.41, 5.74) is -0.473.